The van der Waals surface area contributed by atoms with Gasteiger partial charge in [-0.15, -0.1) is 0 Å². The summed E-state index contributed by atoms with van der Waals surface area (Å²) in [5, 5.41) is 2.32. The van der Waals surface area contributed by atoms with Gasteiger partial charge in [-0.05, 0) is 4.53 Å². The molecule has 0 unspecified atom stereocenters. The highest BCUT2D eigenvalue weighted by atomic mass is 18.5. The molecular weight excluding hydrogens is 78.0 g/mol. The van der Waals surface area contributed by atoms with Crippen LogP contribution in [0.5, 0.6) is 0 Å². The largest absolute Gasteiger partial charge is 0.334 e. The van der Waals surface area contributed by atoms with Crippen LogP contribution in [0.1, 0.15) is 0 Å². The van der Waals surface area contributed by atoms with Gasteiger partial charge in [0, 0.05) is 5.09 Å². The molecule has 0 N–H and O–H groups in total. The fourth-order valence-corrected chi connectivity index (χ4v) is 0.0148. The van der Waals surface area contributed by atoms with E-state index in [1.807, 2.05) is 0 Å². The Balaban J connectivity index is 2.40. The number of hydrogen-bond acceptors (Lipinski definition) is 3. The summed E-state index contributed by atoms with van der Waals surface area (Å²) >= 11 is 0. The van der Waals surface area contributed by atoms with Crippen molar-refractivity contribution in [2.75, 3.05) is 0 Å². The third-order valence-corrected chi connectivity index (χ3v) is 0.0757. The molecule has 0 aromatic carbocycles. The number of hydrogen-bond donors (Lipinski definition) is 0. The zero-order chi connectivity index (χ0) is 4.12. The highest BCUT2D eigenvalue weighted by Gasteiger charge is 1.66. The van der Waals surface area contributed by atoms with E-state index in [4.69, 9.17) is 4.79 Å². The first-order valence-electron chi connectivity index (χ1n) is 0.792. The second kappa shape index (κ2) is 3.36. The Morgan fingerprint density at radius 2 is 2.40 bits per heavy atom. The van der Waals surface area contributed by atoms with Crippen molar-refractivity contribution in [3.05, 3.63) is 0 Å². The number of carbonyl (C=O) groups excluding carboxylic acids is 1. The van der Waals surface area contributed by atoms with E-state index in [0.717, 1.165) is 0 Å². The van der Waals surface area contributed by atoms with Crippen LogP contribution in [0.15, 0.2) is 0 Å². The molecule has 0 aliphatic rings. The second-order valence-electron chi connectivity index (χ2n) is 0.255. The summed E-state index contributed by atoms with van der Waals surface area (Å²) in [5.41, 5.74) is 0. The van der Waals surface area contributed by atoms with Crippen LogP contribution in [0.4, 0.5) is 4.53 Å². The van der Waals surface area contributed by atoms with Gasteiger partial charge in [-0.25, -0.2) is 0 Å². The summed E-state index contributed by atoms with van der Waals surface area (Å²) in [6.07, 6.45) is 0. The van der Waals surface area contributed by atoms with Crippen molar-refractivity contribution in [1.82, 2.24) is 0 Å². The van der Waals surface area contributed by atoms with Crippen molar-refractivity contribution in [1.29, 1.82) is 0 Å². The lowest BCUT2D eigenvalue weighted by Gasteiger charge is -1.71. The summed E-state index contributed by atoms with van der Waals surface area (Å²) in [6.45, 7) is -0.167. The van der Waals surface area contributed by atoms with Crippen LogP contribution in [-0.4, -0.2) is 6.47 Å². The van der Waals surface area contributed by atoms with Gasteiger partial charge in [-0.3, -0.25) is 9.68 Å². The molecule has 0 spiro atoms. The Labute approximate surface area is 27.1 Å². The molecule has 30 valence electrons. The molecular formula is CHFO3. The summed E-state index contributed by atoms with van der Waals surface area (Å²) < 4.78 is 10.0. The minimum atomic E-state index is -0.167. The summed E-state index contributed by atoms with van der Waals surface area (Å²) in [4.78, 5) is 11.8. The van der Waals surface area contributed by atoms with Gasteiger partial charge in [0.1, 0.15) is 0 Å². The van der Waals surface area contributed by atoms with Crippen molar-refractivity contribution in [2.45, 2.75) is 0 Å². The Hall–Kier alpha value is -0.640. The average molecular weight is 79.0 g/mol. The molecule has 0 aliphatic carbocycles. The lowest BCUT2D eigenvalue weighted by Crippen LogP contribution is -1.75. The molecule has 0 saturated carbocycles. The maximum atomic E-state index is 10.0. The summed E-state index contributed by atoms with van der Waals surface area (Å²) in [5.74, 6) is 0. The molecule has 0 atom stereocenters. The van der Waals surface area contributed by atoms with Crippen LogP contribution in [0.2, 0.25) is 0 Å². The Morgan fingerprint density at radius 3 is 2.40 bits per heavy atom. The lowest BCUT2D eigenvalue weighted by atomic mass is 11.7. The van der Waals surface area contributed by atoms with Gasteiger partial charge in [-0.1, -0.05) is 0 Å². The van der Waals surface area contributed by atoms with Crippen LogP contribution in [0.25, 0.3) is 0 Å². The summed E-state index contributed by atoms with van der Waals surface area (Å²) in [6, 6.07) is 0. The molecule has 0 amide bonds. The predicted octanol–water partition coefficient (Wildman–Crippen LogP) is -0.0245. The van der Waals surface area contributed by atoms with Gasteiger partial charge in [0.15, 0.2) is 0 Å². The second-order valence-corrected chi connectivity index (χ2v) is 0.255. The smallest absolute Gasteiger partial charge is 0.268 e. The van der Waals surface area contributed by atoms with E-state index < -0.39 is 0 Å². The predicted molar refractivity (Wildman–Crippen MR) is 9.34 cm³/mol. The molecule has 0 aromatic rings. The first-order chi connectivity index (χ1) is 2.41. The minimum Gasteiger partial charge on any atom is -0.268 e. The van der Waals surface area contributed by atoms with Gasteiger partial charge < -0.3 is 0 Å². The Morgan fingerprint density at radius 1 is 1.80 bits per heavy atom. The van der Waals surface area contributed by atoms with E-state index in [2.05, 4.69) is 9.98 Å². The fraction of sp³-hybridized carbons (Fsp3) is 0. The number of rotatable bonds is 2. The fourth-order valence-electron chi connectivity index (χ4n) is 0.0148. The standard InChI is InChI=1S/CHFO3/c2-5-4-1-3/h1H/i2-1. The van der Waals surface area contributed by atoms with E-state index >= 15 is 0 Å². The van der Waals surface area contributed by atoms with Crippen LogP contribution in [0, 0.1) is 0 Å². The number of carbonyl (C=O) groups is 1. The van der Waals surface area contributed by atoms with Gasteiger partial charge in [0.25, 0.3) is 0 Å². The lowest BCUT2D eigenvalue weighted by molar-refractivity contribution is -0.391. The molecule has 0 saturated heterocycles. The topological polar surface area (TPSA) is 35.5 Å². The van der Waals surface area contributed by atoms with Crippen LogP contribution in [0.3, 0.4) is 0 Å². The number of halogens is 1. The molecule has 3 nitrogen and oxygen atoms in total. The van der Waals surface area contributed by atoms with Crippen molar-refractivity contribution in [3.63, 3.8) is 0 Å². The van der Waals surface area contributed by atoms with E-state index in [-0.39, 0.29) is 6.47 Å². The third kappa shape index (κ3) is 3.36. The van der Waals surface area contributed by atoms with Crippen molar-refractivity contribution < 1.29 is 19.3 Å². The molecule has 0 heterocycles. The van der Waals surface area contributed by atoms with Gasteiger partial charge in [0.05, 0.1) is 0 Å². The minimum absolute atomic E-state index is 0.167. The molecule has 5 heavy (non-hydrogen) atoms. The highest BCUT2D eigenvalue weighted by molar-refractivity contribution is 5.35. The molecule has 0 fully saturated rings. The maximum absolute atomic E-state index is 10.0. The third-order valence-electron chi connectivity index (χ3n) is 0.0757. The van der Waals surface area contributed by atoms with Gasteiger partial charge >= 0.3 is 6.47 Å². The van der Waals surface area contributed by atoms with Gasteiger partial charge in [-0.2, -0.15) is 0 Å². The molecule has 0 aromatic heterocycles. The SMILES string of the molecule is O=COO[18F]. The highest BCUT2D eigenvalue weighted by Crippen LogP contribution is 1.65. The van der Waals surface area contributed by atoms with Crippen molar-refractivity contribution >= 4 is 6.47 Å². The molecule has 0 bridgehead atoms. The molecule has 0 rings (SSSR count). The normalized spacial score (nSPS) is 6.60. The molecule has 0 radical (unpaired) electrons. The van der Waals surface area contributed by atoms with Gasteiger partial charge in [0.2, 0.25) is 0 Å². The van der Waals surface area contributed by atoms with E-state index in [0.29, 0.717) is 0 Å². The van der Waals surface area contributed by atoms with E-state index in [9.17, 15) is 4.53 Å². The van der Waals surface area contributed by atoms with Crippen molar-refractivity contribution in [3.8, 4) is 0 Å². The van der Waals surface area contributed by atoms with Crippen molar-refractivity contribution in [2.24, 2.45) is 0 Å². The first kappa shape index (κ1) is 4.36. The zero-order valence-electron chi connectivity index (χ0n) is 2.18. The van der Waals surface area contributed by atoms with E-state index in [1.165, 1.54) is 0 Å². The molecule has 0 aliphatic heterocycles. The summed E-state index contributed by atoms with van der Waals surface area (Å²) in [7, 11) is 0. The first-order valence-corrected chi connectivity index (χ1v) is 0.792. The van der Waals surface area contributed by atoms with Crippen LogP contribution in [-0.2, 0) is 14.8 Å². The quantitative estimate of drug-likeness (QED) is 0.265. The van der Waals surface area contributed by atoms with Crippen LogP contribution < -0.4 is 0 Å². The Kier molecular flexibility index (Phi) is 2.93. The zero-order valence-corrected chi connectivity index (χ0v) is 2.18. The molecule has 4 heteroatoms. The monoisotopic (exact) mass is 79.0 g/mol. The Bertz CT molecular complexity index is 28.1. The maximum Gasteiger partial charge on any atom is 0.334 e. The van der Waals surface area contributed by atoms with Crippen LogP contribution >= 0.6 is 0 Å². The van der Waals surface area contributed by atoms with E-state index in [1.54, 1.807) is 0 Å². The average Bonchev–Trinajstić information content (AvgIpc) is 1.41.